The summed E-state index contributed by atoms with van der Waals surface area (Å²) in [6.45, 7) is 1.98. The molecule has 2 aliphatic rings. The number of amides is 1. The molecule has 0 radical (unpaired) electrons. The van der Waals surface area contributed by atoms with Crippen LogP contribution in [-0.4, -0.2) is 29.2 Å². The number of hydrogen-bond donors (Lipinski definition) is 0. The number of carbonyl (C=O) groups excluding carboxylic acids is 1. The van der Waals surface area contributed by atoms with E-state index in [0.717, 1.165) is 30.8 Å². The molecule has 0 aromatic carbocycles. The summed E-state index contributed by atoms with van der Waals surface area (Å²) in [6, 6.07) is 0. The first-order chi connectivity index (χ1) is 7.79. The van der Waals surface area contributed by atoms with E-state index in [1.165, 1.54) is 38.5 Å². The van der Waals surface area contributed by atoms with E-state index in [0.29, 0.717) is 11.8 Å². The van der Waals surface area contributed by atoms with Crippen molar-refractivity contribution in [3.8, 4) is 0 Å². The zero-order valence-electron chi connectivity index (χ0n) is 9.96. The maximum absolute atomic E-state index is 12.1. The molecule has 1 saturated heterocycles. The first-order valence-corrected chi connectivity index (χ1v) is 7.75. The molecule has 0 bridgehead atoms. The van der Waals surface area contributed by atoms with Crippen LogP contribution < -0.4 is 0 Å². The van der Waals surface area contributed by atoms with E-state index in [9.17, 15) is 4.79 Å². The third-order valence-electron chi connectivity index (χ3n) is 4.12. The molecule has 1 amide bonds. The summed E-state index contributed by atoms with van der Waals surface area (Å²) in [7, 11) is 0. The molecule has 0 aromatic heterocycles. The van der Waals surface area contributed by atoms with Gasteiger partial charge >= 0.3 is 0 Å². The summed E-state index contributed by atoms with van der Waals surface area (Å²) in [5.74, 6) is 1.90. The van der Waals surface area contributed by atoms with Gasteiger partial charge in [0.25, 0.3) is 0 Å². The Hall–Kier alpha value is -0.0500. The van der Waals surface area contributed by atoms with Crippen molar-refractivity contribution in [1.82, 2.24) is 4.90 Å². The molecule has 1 heterocycles. The molecule has 1 saturated carbocycles. The molecule has 1 aliphatic heterocycles. The SMILES string of the molecule is O=C(CC1CCCC1)N1CCC(CBr)CC1. The average molecular weight is 288 g/mol. The number of hydrogen-bond acceptors (Lipinski definition) is 1. The van der Waals surface area contributed by atoms with Crippen LogP contribution >= 0.6 is 15.9 Å². The van der Waals surface area contributed by atoms with Gasteiger partial charge in [-0.2, -0.15) is 0 Å². The lowest BCUT2D eigenvalue weighted by Gasteiger charge is -2.31. The zero-order chi connectivity index (χ0) is 11.4. The quantitative estimate of drug-likeness (QED) is 0.730. The van der Waals surface area contributed by atoms with Crippen molar-refractivity contribution in [2.24, 2.45) is 11.8 Å². The Balaban J connectivity index is 1.73. The van der Waals surface area contributed by atoms with Crippen molar-refractivity contribution in [3.05, 3.63) is 0 Å². The molecule has 2 rings (SSSR count). The van der Waals surface area contributed by atoms with Gasteiger partial charge in [0.2, 0.25) is 5.91 Å². The number of nitrogens with zero attached hydrogens (tertiary/aromatic N) is 1. The maximum Gasteiger partial charge on any atom is 0.222 e. The molecule has 1 aliphatic carbocycles. The van der Waals surface area contributed by atoms with Crippen molar-refractivity contribution in [1.29, 1.82) is 0 Å². The average Bonchev–Trinajstić information content (AvgIpc) is 2.82. The van der Waals surface area contributed by atoms with Gasteiger partial charge in [0.05, 0.1) is 0 Å². The first-order valence-electron chi connectivity index (χ1n) is 6.63. The van der Waals surface area contributed by atoms with Crippen LogP contribution in [-0.2, 0) is 4.79 Å². The van der Waals surface area contributed by atoms with Gasteiger partial charge in [0, 0.05) is 24.8 Å². The number of rotatable bonds is 3. The van der Waals surface area contributed by atoms with Crippen LogP contribution in [0.5, 0.6) is 0 Å². The molecule has 0 unspecified atom stereocenters. The van der Waals surface area contributed by atoms with Gasteiger partial charge < -0.3 is 4.90 Å². The van der Waals surface area contributed by atoms with E-state index in [1.807, 2.05) is 0 Å². The van der Waals surface area contributed by atoms with Crippen LogP contribution in [0.25, 0.3) is 0 Å². The molecule has 2 nitrogen and oxygen atoms in total. The third-order valence-corrected chi connectivity index (χ3v) is 5.04. The smallest absolute Gasteiger partial charge is 0.222 e. The number of piperidine rings is 1. The van der Waals surface area contributed by atoms with Crippen molar-refractivity contribution in [3.63, 3.8) is 0 Å². The highest BCUT2D eigenvalue weighted by molar-refractivity contribution is 9.09. The lowest BCUT2D eigenvalue weighted by molar-refractivity contribution is -0.133. The summed E-state index contributed by atoms with van der Waals surface area (Å²) in [4.78, 5) is 14.2. The lowest BCUT2D eigenvalue weighted by Crippen LogP contribution is -2.39. The van der Waals surface area contributed by atoms with E-state index < -0.39 is 0 Å². The minimum atomic E-state index is 0.417. The Labute approximate surface area is 107 Å². The maximum atomic E-state index is 12.1. The standard InChI is InChI=1S/C13H22BrNO/c14-10-12-5-7-15(8-6-12)13(16)9-11-3-1-2-4-11/h11-12H,1-10H2. The van der Waals surface area contributed by atoms with Crippen molar-refractivity contribution in [2.75, 3.05) is 18.4 Å². The van der Waals surface area contributed by atoms with E-state index in [2.05, 4.69) is 20.8 Å². The molecule has 0 N–H and O–H groups in total. The second kappa shape index (κ2) is 6.04. The molecular weight excluding hydrogens is 266 g/mol. The van der Waals surface area contributed by atoms with Gasteiger partial charge in [-0.25, -0.2) is 0 Å². The molecule has 0 atom stereocenters. The molecule has 3 heteroatoms. The number of carbonyl (C=O) groups is 1. The van der Waals surface area contributed by atoms with E-state index in [-0.39, 0.29) is 0 Å². The fourth-order valence-corrected chi connectivity index (χ4v) is 3.57. The van der Waals surface area contributed by atoms with Crippen molar-refractivity contribution < 1.29 is 4.79 Å². The van der Waals surface area contributed by atoms with Crippen LogP contribution in [0, 0.1) is 11.8 Å². The van der Waals surface area contributed by atoms with E-state index in [1.54, 1.807) is 0 Å². The Morgan fingerprint density at radius 3 is 2.25 bits per heavy atom. The summed E-state index contributed by atoms with van der Waals surface area (Å²) >= 11 is 3.54. The van der Waals surface area contributed by atoms with E-state index in [4.69, 9.17) is 0 Å². The topological polar surface area (TPSA) is 20.3 Å². The van der Waals surface area contributed by atoms with E-state index >= 15 is 0 Å². The van der Waals surface area contributed by atoms with Gasteiger partial charge in [0.15, 0.2) is 0 Å². The van der Waals surface area contributed by atoms with Gasteiger partial charge in [-0.3, -0.25) is 4.79 Å². The van der Waals surface area contributed by atoms with Crippen molar-refractivity contribution in [2.45, 2.75) is 44.9 Å². The fraction of sp³-hybridized carbons (Fsp3) is 0.923. The van der Waals surface area contributed by atoms with Gasteiger partial charge in [0.1, 0.15) is 0 Å². The molecular formula is C13H22BrNO. The van der Waals surface area contributed by atoms with Crippen LogP contribution in [0.2, 0.25) is 0 Å². The summed E-state index contributed by atoms with van der Waals surface area (Å²) in [6.07, 6.45) is 8.42. The minimum Gasteiger partial charge on any atom is -0.343 e. The highest BCUT2D eigenvalue weighted by Gasteiger charge is 2.25. The zero-order valence-corrected chi connectivity index (χ0v) is 11.5. The van der Waals surface area contributed by atoms with Crippen LogP contribution in [0.4, 0.5) is 0 Å². The normalized spacial score (nSPS) is 23.9. The summed E-state index contributed by atoms with van der Waals surface area (Å²) < 4.78 is 0. The van der Waals surface area contributed by atoms with Gasteiger partial charge in [-0.1, -0.05) is 28.8 Å². The second-order valence-electron chi connectivity index (χ2n) is 5.33. The summed E-state index contributed by atoms with van der Waals surface area (Å²) in [5, 5.41) is 1.09. The summed E-state index contributed by atoms with van der Waals surface area (Å²) in [5.41, 5.74) is 0. The lowest BCUT2D eigenvalue weighted by atomic mass is 9.97. The molecule has 0 aromatic rings. The van der Waals surface area contributed by atoms with Gasteiger partial charge in [-0.05, 0) is 37.5 Å². The van der Waals surface area contributed by atoms with Crippen LogP contribution in [0.1, 0.15) is 44.9 Å². The predicted octanol–water partition coefficient (Wildman–Crippen LogP) is 3.20. The molecule has 92 valence electrons. The Morgan fingerprint density at radius 1 is 1.06 bits per heavy atom. The highest BCUT2D eigenvalue weighted by Crippen LogP contribution is 2.29. The minimum absolute atomic E-state index is 0.417. The van der Waals surface area contributed by atoms with Crippen LogP contribution in [0.3, 0.4) is 0 Å². The number of likely N-dealkylation sites (tertiary alicyclic amines) is 1. The second-order valence-corrected chi connectivity index (χ2v) is 5.98. The monoisotopic (exact) mass is 287 g/mol. The Morgan fingerprint density at radius 2 is 1.69 bits per heavy atom. The Kier molecular flexibility index (Phi) is 4.68. The Bertz CT molecular complexity index is 230. The highest BCUT2D eigenvalue weighted by atomic mass is 79.9. The number of alkyl halides is 1. The number of halogens is 1. The fourth-order valence-electron chi connectivity index (χ4n) is 2.93. The predicted molar refractivity (Wildman–Crippen MR) is 69.7 cm³/mol. The largest absolute Gasteiger partial charge is 0.343 e. The molecule has 16 heavy (non-hydrogen) atoms. The first kappa shape index (κ1) is 12.4. The molecule has 2 fully saturated rings. The molecule has 0 spiro atoms. The van der Waals surface area contributed by atoms with Gasteiger partial charge in [-0.15, -0.1) is 0 Å². The van der Waals surface area contributed by atoms with Crippen molar-refractivity contribution >= 4 is 21.8 Å². The third kappa shape index (κ3) is 3.22. The van der Waals surface area contributed by atoms with Crippen LogP contribution in [0.15, 0.2) is 0 Å².